The van der Waals surface area contributed by atoms with Crippen LogP contribution in [0.2, 0.25) is 0 Å². The molecule has 0 bridgehead atoms. The van der Waals surface area contributed by atoms with Crippen molar-refractivity contribution in [3.63, 3.8) is 0 Å². The maximum absolute atomic E-state index is 6.59. The van der Waals surface area contributed by atoms with E-state index in [1.165, 1.54) is 11.1 Å². The molecular weight excluding hydrogens is 320 g/mol. The van der Waals surface area contributed by atoms with Gasteiger partial charge in [-0.15, -0.1) is 11.6 Å². The van der Waals surface area contributed by atoms with Crippen LogP contribution in [-0.2, 0) is 0 Å². The third-order valence-electron chi connectivity index (χ3n) is 3.32. The van der Waals surface area contributed by atoms with Gasteiger partial charge in [-0.2, -0.15) is 0 Å². The molecule has 0 N–H and O–H groups in total. The smallest absolute Gasteiger partial charge is 0.0846 e. The second-order valence-electron chi connectivity index (χ2n) is 5.21. The van der Waals surface area contributed by atoms with Crippen LogP contribution in [0.4, 0.5) is 0 Å². The van der Waals surface area contributed by atoms with E-state index in [0.717, 1.165) is 15.6 Å². The fourth-order valence-corrected chi connectivity index (χ4v) is 3.26. The van der Waals surface area contributed by atoms with Crippen molar-refractivity contribution < 1.29 is 0 Å². The predicted octanol–water partition coefficient (Wildman–Crippen LogP) is 6.21. The molecule has 0 saturated heterocycles. The van der Waals surface area contributed by atoms with Gasteiger partial charge in [0.25, 0.3) is 0 Å². The van der Waals surface area contributed by atoms with Gasteiger partial charge in [-0.3, -0.25) is 0 Å². The molecule has 0 aliphatic carbocycles. The zero-order chi connectivity index (χ0) is 14.0. The lowest BCUT2D eigenvalue weighted by Gasteiger charge is -2.14. The van der Waals surface area contributed by atoms with E-state index in [2.05, 4.69) is 79.2 Å². The van der Waals surface area contributed by atoms with Crippen LogP contribution in [-0.4, -0.2) is 0 Å². The van der Waals surface area contributed by atoms with E-state index >= 15 is 0 Å². The largest absolute Gasteiger partial charge is 0.113 e. The Hall–Kier alpha value is -0.790. The summed E-state index contributed by atoms with van der Waals surface area (Å²) in [7, 11) is 0. The van der Waals surface area contributed by atoms with Gasteiger partial charge in [0.1, 0.15) is 0 Å². The third-order valence-corrected chi connectivity index (χ3v) is 4.50. The molecule has 1 atom stereocenters. The number of benzene rings is 2. The number of hydrogen-bond acceptors (Lipinski definition) is 0. The summed E-state index contributed by atoms with van der Waals surface area (Å²) in [6.45, 7) is 6.47. The monoisotopic (exact) mass is 336 g/mol. The lowest BCUT2D eigenvalue weighted by Crippen LogP contribution is -1.96. The molecule has 0 nitrogen and oxygen atoms in total. The summed E-state index contributed by atoms with van der Waals surface area (Å²) in [5, 5.41) is -0.115. The van der Waals surface area contributed by atoms with E-state index in [0.29, 0.717) is 5.92 Å². The van der Waals surface area contributed by atoms with Crippen molar-refractivity contribution in [1.82, 2.24) is 0 Å². The molecule has 2 aromatic carbocycles. The molecule has 100 valence electrons. The Morgan fingerprint density at radius 3 is 2.05 bits per heavy atom. The van der Waals surface area contributed by atoms with Crippen LogP contribution in [0.15, 0.2) is 46.9 Å². The van der Waals surface area contributed by atoms with E-state index in [1.807, 2.05) is 0 Å². The minimum absolute atomic E-state index is 0.115. The van der Waals surface area contributed by atoms with Crippen LogP contribution in [0, 0.1) is 6.92 Å². The minimum Gasteiger partial charge on any atom is -0.113 e. The van der Waals surface area contributed by atoms with Crippen molar-refractivity contribution in [1.29, 1.82) is 0 Å². The third kappa shape index (κ3) is 3.40. The maximum atomic E-state index is 6.59. The van der Waals surface area contributed by atoms with Gasteiger partial charge in [-0.25, -0.2) is 0 Å². The molecule has 0 spiro atoms. The van der Waals surface area contributed by atoms with Crippen LogP contribution in [0.5, 0.6) is 0 Å². The molecule has 0 fully saturated rings. The molecule has 2 rings (SSSR count). The number of alkyl halides is 1. The Morgan fingerprint density at radius 2 is 1.53 bits per heavy atom. The number of aryl methyl sites for hydroxylation is 1. The fraction of sp³-hybridized carbons (Fsp3) is 0.294. The molecule has 0 radical (unpaired) electrons. The quantitative estimate of drug-likeness (QED) is 0.584. The van der Waals surface area contributed by atoms with Gasteiger partial charge in [-0.05, 0) is 41.2 Å². The van der Waals surface area contributed by atoms with Crippen molar-refractivity contribution in [2.75, 3.05) is 0 Å². The first-order chi connectivity index (χ1) is 8.99. The van der Waals surface area contributed by atoms with Gasteiger partial charge in [0.05, 0.1) is 5.38 Å². The standard InChI is InChI=1S/C17H18BrCl/c1-11(2)13-5-7-14(8-6-13)17(19)15-9-4-12(3)10-16(15)18/h4-11,17H,1-3H3. The van der Waals surface area contributed by atoms with Crippen LogP contribution in [0.25, 0.3) is 0 Å². The van der Waals surface area contributed by atoms with Gasteiger partial charge in [-0.1, -0.05) is 66.2 Å². The first-order valence-corrected chi connectivity index (χ1v) is 7.72. The maximum Gasteiger partial charge on any atom is 0.0846 e. The first kappa shape index (κ1) is 14.6. The lowest BCUT2D eigenvalue weighted by atomic mass is 9.98. The normalized spacial score (nSPS) is 12.7. The highest BCUT2D eigenvalue weighted by Gasteiger charge is 2.14. The second-order valence-corrected chi connectivity index (χ2v) is 6.50. The second kappa shape index (κ2) is 6.11. The summed E-state index contributed by atoms with van der Waals surface area (Å²) in [5.74, 6) is 0.550. The average molecular weight is 338 g/mol. The van der Waals surface area contributed by atoms with Crippen LogP contribution in [0.3, 0.4) is 0 Å². The molecular formula is C17H18BrCl. The fourth-order valence-electron chi connectivity index (χ4n) is 2.07. The SMILES string of the molecule is Cc1ccc(C(Cl)c2ccc(C(C)C)cc2)c(Br)c1. The molecule has 0 aliphatic heterocycles. The first-order valence-electron chi connectivity index (χ1n) is 6.49. The molecule has 1 unspecified atom stereocenters. The van der Waals surface area contributed by atoms with E-state index in [-0.39, 0.29) is 5.38 Å². The van der Waals surface area contributed by atoms with Crippen molar-refractivity contribution >= 4 is 27.5 Å². The van der Waals surface area contributed by atoms with Gasteiger partial charge < -0.3 is 0 Å². The molecule has 0 heterocycles. The summed E-state index contributed by atoms with van der Waals surface area (Å²) in [6.07, 6.45) is 0. The number of hydrogen-bond donors (Lipinski definition) is 0. The van der Waals surface area contributed by atoms with Crippen molar-refractivity contribution in [2.45, 2.75) is 32.1 Å². The van der Waals surface area contributed by atoms with Gasteiger partial charge in [0.15, 0.2) is 0 Å². The highest BCUT2D eigenvalue weighted by atomic mass is 79.9. The van der Waals surface area contributed by atoms with E-state index in [1.54, 1.807) is 0 Å². The molecule has 19 heavy (non-hydrogen) atoms. The van der Waals surface area contributed by atoms with Gasteiger partial charge in [0, 0.05) is 4.47 Å². The average Bonchev–Trinajstić information content (AvgIpc) is 2.38. The highest BCUT2D eigenvalue weighted by Crippen LogP contribution is 2.34. The molecule has 0 saturated carbocycles. The summed E-state index contributed by atoms with van der Waals surface area (Å²) in [6, 6.07) is 14.9. The molecule has 0 amide bonds. The molecule has 2 aromatic rings. The van der Waals surface area contributed by atoms with Gasteiger partial charge in [0.2, 0.25) is 0 Å². The Kier molecular flexibility index (Phi) is 4.70. The number of rotatable bonds is 3. The molecule has 2 heteroatoms. The summed E-state index contributed by atoms with van der Waals surface area (Å²) in [4.78, 5) is 0. The zero-order valence-corrected chi connectivity index (χ0v) is 13.8. The highest BCUT2D eigenvalue weighted by molar-refractivity contribution is 9.10. The topological polar surface area (TPSA) is 0 Å². The van der Waals surface area contributed by atoms with Crippen molar-refractivity contribution in [3.8, 4) is 0 Å². The van der Waals surface area contributed by atoms with E-state index in [9.17, 15) is 0 Å². The molecule has 0 aromatic heterocycles. The van der Waals surface area contributed by atoms with E-state index in [4.69, 9.17) is 11.6 Å². The van der Waals surface area contributed by atoms with Crippen molar-refractivity contribution in [2.24, 2.45) is 0 Å². The van der Waals surface area contributed by atoms with Crippen LogP contribution in [0.1, 0.15) is 47.4 Å². The Bertz CT molecular complexity index is 558. The van der Waals surface area contributed by atoms with Gasteiger partial charge >= 0.3 is 0 Å². The Morgan fingerprint density at radius 1 is 0.947 bits per heavy atom. The van der Waals surface area contributed by atoms with Crippen LogP contribution >= 0.6 is 27.5 Å². The predicted molar refractivity (Wildman–Crippen MR) is 87.1 cm³/mol. The lowest BCUT2D eigenvalue weighted by molar-refractivity contribution is 0.865. The minimum atomic E-state index is -0.115. The summed E-state index contributed by atoms with van der Waals surface area (Å²) in [5.41, 5.74) is 4.82. The van der Waals surface area contributed by atoms with Crippen LogP contribution < -0.4 is 0 Å². The Labute approximate surface area is 128 Å². The molecule has 0 aliphatic rings. The zero-order valence-electron chi connectivity index (χ0n) is 11.5. The number of halogens is 2. The summed E-state index contributed by atoms with van der Waals surface area (Å²) < 4.78 is 1.07. The Balaban J connectivity index is 2.30. The van der Waals surface area contributed by atoms with E-state index < -0.39 is 0 Å². The summed E-state index contributed by atoms with van der Waals surface area (Å²) >= 11 is 10.2. The van der Waals surface area contributed by atoms with Crippen molar-refractivity contribution in [3.05, 3.63) is 69.2 Å².